The topological polar surface area (TPSA) is 107 Å². The number of nitrogens with one attached hydrogen (secondary N) is 1. The van der Waals surface area contributed by atoms with Gasteiger partial charge in [-0.05, 0) is 36.8 Å². The van der Waals surface area contributed by atoms with E-state index in [1.807, 2.05) is 13.0 Å². The van der Waals surface area contributed by atoms with Crippen molar-refractivity contribution in [2.75, 3.05) is 13.4 Å². The van der Waals surface area contributed by atoms with Crippen LogP contribution in [0.3, 0.4) is 0 Å². The van der Waals surface area contributed by atoms with E-state index in [4.69, 9.17) is 18.6 Å². The van der Waals surface area contributed by atoms with E-state index in [9.17, 15) is 14.7 Å². The monoisotopic (exact) mass is 397 g/mol. The number of fused-ring (bicyclic) bond motifs is 2. The normalized spacial score (nSPS) is 13.3. The van der Waals surface area contributed by atoms with Gasteiger partial charge in [-0.25, -0.2) is 0 Å². The second-order valence-corrected chi connectivity index (χ2v) is 6.68. The van der Waals surface area contributed by atoms with Gasteiger partial charge < -0.3 is 29.1 Å². The zero-order valence-corrected chi connectivity index (χ0v) is 15.6. The number of carbonyl (C=O) groups excluding carboxylic acids is 2. The number of hydrogen-bond acceptors (Lipinski definition) is 7. The number of phenols is 1. The van der Waals surface area contributed by atoms with Crippen LogP contribution < -0.4 is 14.8 Å². The largest absolute Gasteiger partial charge is 0.508 e. The van der Waals surface area contributed by atoms with Crippen LogP contribution in [0.4, 0.5) is 0 Å². The summed E-state index contributed by atoms with van der Waals surface area (Å²) in [6.45, 7) is 1.62. The van der Waals surface area contributed by atoms with Crippen molar-refractivity contribution in [3.8, 4) is 17.2 Å². The van der Waals surface area contributed by atoms with Gasteiger partial charge in [0.2, 0.25) is 6.79 Å². The molecule has 2 aromatic carbocycles. The van der Waals surface area contributed by atoms with Gasteiger partial charge in [-0.15, -0.1) is 0 Å². The molecule has 0 unspecified atom stereocenters. The highest BCUT2D eigenvalue weighted by molar-refractivity contribution is 5.87. The molecule has 4 rings (SSSR count). The van der Waals surface area contributed by atoms with E-state index in [-0.39, 0.29) is 31.6 Å². The van der Waals surface area contributed by atoms with E-state index >= 15 is 0 Å². The van der Waals surface area contributed by atoms with Crippen molar-refractivity contribution >= 4 is 22.8 Å². The van der Waals surface area contributed by atoms with E-state index in [1.165, 1.54) is 18.4 Å². The van der Waals surface area contributed by atoms with Gasteiger partial charge in [-0.1, -0.05) is 6.07 Å². The molecule has 1 aromatic heterocycles. The molecular formula is C21H19NO7. The Hall–Kier alpha value is -3.68. The van der Waals surface area contributed by atoms with Crippen molar-refractivity contribution < 1.29 is 33.3 Å². The number of hydrogen-bond donors (Lipinski definition) is 2. The zero-order valence-electron chi connectivity index (χ0n) is 15.6. The molecule has 0 saturated carbocycles. The molecule has 150 valence electrons. The van der Waals surface area contributed by atoms with E-state index in [2.05, 4.69) is 5.32 Å². The third-order valence-corrected chi connectivity index (χ3v) is 4.61. The standard InChI is InChI=1S/C21H19NO7/c1-12(13-2-5-17-19(6-13)29-11-28-17)22-20(24)10-27-21(25)7-14-9-26-18-8-15(23)3-4-16(14)18/h2-6,8-9,12,23H,7,10-11H2,1H3,(H,22,24)/t12-/m1/s1. The first-order valence-corrected chi connectivity index (χ1v) is 9.03. The molecule has 2 heterocycles. The summed E-state index contributed by atoms with van der Waals surface area (Å²) in [7, 11) is 0. The minimum absolute atomic E-state index is 0.0389. The van der Waals surface area contributed by atoms with Crippen LogP contribution in [-0.4, -0.2) is 30.4 Å². The molecule has 8 nitrogen and oxygen atoms in total. The number of amides is 1. The Labute approximate surface area is 166 Å². The van der Waals surface area contributed by atoms with Gasteiger partial charge in [0.05, 0.1) is 18.7 Å². The Morgan fingerprint density at radius 2 is 2.00 bits per heavy atom. The average Bonchev–Trinajstić information content (AvgIpc) is 3.32. The SMILES string of the molecule is C[C@@H](NC(=O)COC(=O)Cc1coc2cc(O)ccc12)c1ccc2c(c1)OCO2. The Morgan fingerprint density at radius 3 is 2.86 bits per heavy atom. The lowest BCUT2D eigenvalue weighted by molar-refractivity contribution is -0.148. The van der Waals surface area contributed by atoms with Crippen LogP contribution in [-0.2, 0) is 20.7 Å². The molecule has 0 saturated heterocycles. The fourth-order valence-corrected chi connectivity index (χ4v) is 3.11. The molecule has 0 aliphatic carbocycles. The first-order valence-electron chi connectivity index (χ1n) is 9.03. The highest BCUT2D eigenvalue weighted by Gasteiger charge is 2.18. The first kappa shape index (κ1) is 18.7. The summed E-state index contributed by atoms with van der Waals surface area (Å²) in [5, 5.41) is 12.9. The number of furan rings is 1. The molecule has 0 fully saturated rings. The van der Waals surface area contributed by atoms with Crippen molar-refractivity contribution in [1.82, 2.24) is 5.32 Å². The van der Waals surface area contributed by atoms with Gasteiger partial charge in [0, 0.05) is 17.0 Å². The molecule has 1 aliphatic rings. The van der Waals surface area contributed by atoms with Crippen molar-refractivity contribution in [2.45, 2.75) is 19.4 Å². The van der Waals surface area contributed by atoms with Crippen LogP contribution in [0.5, 0.6) is 17.2 Å². The molecule has 29 heavy (non-hydrogen) atoms. The van der Waals surface area contributed by atoms with Crippen LogP contribution in [0, 0.1) is 0 Å². The Morgan fingerprint density at radius 1 is 1.17 bits per heavy atom. The van der Waals surface area contributed by atoms with Crippen LogP contribution in [0.15, 0.2) is 47.1 Å². The molecule has 3 aromatic rings. The van der Waals surface area contributed by atoms with Gasteiger partial charge in [-0.2, -0.15) is 0 Å². The van der Waals surface area contributed by atoms with Crippen LogP contribution in [0.2, 0.25) is 0 Å². The maximum atomic E-state index is 12.1. The van der Waals surface area contributed by atoms with E-state index < -0.39 is 11.9 Å². The lowest BCUT2D eigenvalue weighted by Crippen LogP contribution is -2.31. The van der Waals surface area contributed by atoms with Crippen molar-refractivity contribution in [1.29, 1.82) is 0 Å². The summed E-state index contributed by atoms with van der Waals surface area (Å²) >= 11 is 0. The molecule has 1 aliphatic heterocycles. The van der Waals surface area contributed by atoms with Gasteiger partial charge >= 0.3 is 5.97 Å². The lowest BCUT2D eigenvalue weighted by atomic mass is 10.1. The third kappa shape index (κ3) is 4.11. The molecule has 1 atom stereocenters. The van der Waals surface area contributed by atoms with Gasteiger partial charge in [0.1, 0.15) is 11.3 Å². The summed E-state index contributed by atoms with van der Waals surface area (Å²) in [5.74, 6) is 0.422. The van der Waals surface area contributed by atoms with Crippen LogP contribution in [0.25, 0.3) is 11.0 Å². The van der Waals surface area contributed by atoms with Crippen molar-refractivity contribution in [3.05, 3.63) is 53.8 Å². The number of carbonyl (C=O) groups is 2. The second kappa shape index (κ2) is 7.75. The second-order valence-electron chi connectivity index (χ2n) is 6.68. The minimum Gasteiger partial charge on any atom is -0.508 e. The zero-order chi connectivity index (χ0) is 20.4. The predicted molar refractivity (Wildman–Crippen MR) is 102 cm³/mol. The number of benzene rings is 2. The number of phenolic OH excluding ortho intramolecular Hbond substituents is 1. The minimum atomic E-state index is -0.549. The molecule has 0 radical (unpaired) electrons. The summed E-state index contributed by atoms with van der Waals surface area (Å²) < 4.78 is 21.0. The average molecular weight is 397 g/mol. The summed E-state index contributed by atoms with van der Waals surface area (Å²) in [6.07, 6.45) is 1.40. The fourth-order valence-electron chi connectivity index (χ4n) is 3.11. The smallest absolute Gasteiger partial charge is 0.310 e. The maximum Gasteiger partial charge on any atom is 0.310 e. The molecule has 2 N–H and O–H groups in total. The number of rotatable bonds is 6. The molecule has 0 bridgehead atoms. The molecule has 1 amide bonds. The van der Waals surface area contributed by atoms with Crippen LogP contribution in [0.1, 0.15) is 24.1 Å². The number of esters is 1. The van der Waals surface area contributed by atoms with E-state index in [0.29, 0.717) is 28.0 Å². The van der Waals surface area contributed by atoms with Crippen molar-refractivity contribution in [2.24, 2.45) is 0 Å². The maximum absolute atomic E-state index is 12.1. The molecule has 8 heteroatoms. The Balaban J connectivity index is 1.29. The van der Waals surface area contributed by atoms with Crippen molar-refractivity contribution in [3.63, 3.8) is 0 Å². The first-order chi connectivity index (χ1) is 14.0. The van der Waals surface area contributed by atoms with E-state index in [0.717, 1.165) is 5.56 Å². The molecular weight excluding hydrogens is 378 g/mol. The highest BCUT2D eigenvalue weighted by Crippen LogP contribution is 2.34. The number of ether oxygens (including phenoxy) is 3. The van der Waals surface area contributed by atoms with Gasteiger partial charge in [0.25, 0.3) is 5.91 Å². The summed E-state index contributed by atoms with van der Waals surface area (Å²) in [4.78, 5) is 24.2. The van der Waals surface area contributed by atoms with Gasteiger partial charge in [-0.3, -0.25) is 9.59 Å². The Kier molecular flexibility index (Phi) is 4.99. The van der Waals surface area contributed by atoms with Gasteiger partial charge in [0.15, 0.2) is 18.1 Å². The Bertz CT molecular complexity index is 1070. The molecule has 0 spiro atoms. The summed E-state index contributed by atoms with van der Waals surface area (Å²) in [5.41, 5.74) is 1.95. The third-order valence-electron chi connectivity index (χ3n) is 4.61. The van der Waals surface area contributed by atoms with Crippen LogP contribution >= 0.6 is 0 Å². The number of aromatic hydroxyl groups is 1. The summed E-state index contributed by atoms with van der Waals surface area (Å²) in [6, 6.07) is 9.78. The lowest BCUT2D eigenvalue weighted by Gasteiger charge is -2.15. The van der Waals surface area contributed by atoms with E-state index in [1.54, 1.807) is 18.2 Å². The highest BCUT2D eigenvalue weighted by atomic mass is 16.7. The fraction of sp³-hybridized carbons (Fsp3) is 0.238. The quantitative estimate of drug-likeness (QED) is 0.616. The predicted octanol–water partition coefficient (Wildman–Crippen LogP) is 2.83.